The molecule has 1 aliphatic carbocycles. The molecule has 0 bridgehead atoms. The van der Waals surface area contributed by atoms with Crippen LogP contribution >= 0.6 is 0 Å². The number of carbonyl (C=O) groups excluding carboxylic acids is 1. The number of esters is 1. The average molecular weight is 308 g/mol. The molecule has 4 heteroatoms. The Morgan fingerprint density at radius 3 is 2.61 bits per heavy atom. The Labute approximate surface area is 133 Å². The number of carboxylic acid groups (broad SMARTS) is 1. The Morgan fingerprint density at radius 2 is 1.91 bits per heavy atom. The summed E-state index contributed by atoms with van der Waals surface area (Å²) in [6, 6.07) is 16.0. The van der Waals surface area contributed by atoms with Crippen LogP contribution in [0.3, 0.4) is 0 Å². The molecule has 4 nitrogen and oxygen atoms in total. The number of aliphatic carboxylic acids is 1. The van der Waals surface area contributed by atoms with Crippen LogP contribution in [0, 0.1) is 5.92 Å². The molecular weight excluding hydrogens is 292 g/mol. The normalized spacial score (nSPS) is 28.1. The van der Waals surface area contributed by atoms with Crippen LogP contribution in [0.25, 0.3) is 11.1 Å². The van der Waals surface area contributed by atoms with E-state index in [4.69, 9.17) is 4.74 Å². The Balaban J connectivity index is 1.84. The van der Waals surface area contributed by atoms with Crippen molar-refractivity contribution in [3.63, 3.8) is 0 Å². The van der Waals surface area contributed by atoms with E-state index in [1.807, 2.05) is 55.5 Å². The van der Waals surface area contributed by atoms with Gasteiger partial charge in [-0.05, 0) is 29.2 Å². The second-order valence-corrected chi connectivity index (χ2v) is 6.48. The van der Waals surface area contributed by atoms with Crippen LogP contribution in [-0.2, 0) is 20.7 Å². The highest BCUT2D eigenvalue weighted by atomic mass is 16.6. The van der Waals surface area contributed by atoms with Gasteiger partial charge < -0.3 is 9.84 Å². The molecule has 0 aromatic heterocycles. The highest BCUT2D eigenvalue weighted by Crippen LogP contribution is 2.53. The number of hydrogen-bond donors (Lipinski definition) is 1. The highest BCUT2D eigenvalue weighted by molar-refractivity contribution is 5.98. The first kappa shape index (κ1) is 14.0. The fourth-order valence-electron chi connectivity index (χ4n) is 3.98. The van der Waals surface area contributed by atoms with Gasteiger partial charge in [0, 0.05) is 12.3 Å². The maximum Gasteiger partial charge on any atom is 0.321 e. The molecule has 1 fully saturated rings. The van der Waals surface area contributed by atoms with E-state index in [9.17, 15) is 14.7 Å². The Morgan fingerprint density at radius 1 is 1.17 bits per heavy atom. The maximum atomic E-state index is 12.0. The Hall–Kier alpha value is -2.62. The summed E-state index contributed by atoms with van der Waals surface area (Å²) in [5.41, 5.74) is 3.33. The summed E-state index contributed by atoms with van der Waals surface area (Å²) in [5, 5.41) is 9.46. The molecule has 1 aliphatic heterocycles. The first-order valence-corrected chi connectivity index (χ1v) is 7.63. The van der Waals surface area contributed by atoms with Crippen molar-refractivity contribution in [3.8, 4) is 11.1 Å². The first-order valence-electron chi connectivity index (χ1n) is 7.63. The van der Waals surface area contributed by atoms with E-state index in [1.165, 1.54) is 0 Å². The summed E-state index contributed by atoms with van der Waals surface area (Å²) < 4.78 is 5.45. The third kappa shape index (κ3) is 1.98. The van der Waals surface area contributed by atoms with Crippen LogP contribution in [0.1, 0.15) is 24.0 Å². The largest absolute Gasteiger partial charge is 0.481 e. The molecule has 23 heavy (non-hydrogen) atoms. The quantitative estimate of drug-likeness (QED) is 0.684. The lowest BCUT2D eigenvalue weighted by molar-refractivity contribution is -0.155. The molecule has 1 saturated heterocycles. The summed E-state index contributed by atoms with van der Waals surface area (Å²) in [7, 11) is 0. The van der Waals surface area contributed by atoms with Crippen LogP contribution in [0.2, 0.25) is 0 Å². The molecule has 0 spiro atoms. The minimum Gasteiger partial charge on any atom is -0.481 e. The molecule has 0 unspecified atom stereocenters. The number of fused-ring (bicyclic) bond motifs is 3. The molecule has 0 amide bonds. The summed E-state index contributed by atoms with van der Waals surface area (Å²) in [6.45, 7) is 1.83. The second kappa shape index (κ2) is 4.69. The fraction of sp³-hybridized carbons (Fsp3) is 0.263. The number of hydrogen-bond acceptors (Lipinski definition) is 3. The van der Waals surface area contributed by atoms with Crippen molar-refractivity contribution < 1.29 is 19.4 Å². The molecular formula is C19H16O4. The van der Waals surface area contributed by atoms with Crippen molar-refractivity contribution in [1.29, 1.82) is 0 Å². The van der Waals surface area contributed by atoms with Gasteiger partial charge in [-0.3, -0.25) is 9.59 Å². The Bertz CT molecular complexity index is 811. The van der Waals surface area contributed by atoms with E-state index >= 15 is 0 Å². The van der Waals surface area contributed by atoms with E-state index in [1.54, 1.807) is 0 Å². The van der Waals surface area contributed by atoms with E-state index in [0.29, 0.717) is 6.42 Å². The van der Waals surface area contributed by atoms with Gasteiger partial charge in [-0.15, -0.1) is 0 Å². The predicted octanol–water partition coefficient (Wildman–Crippen LogP) is 3.01. The van der Waals surface area contributed by atoms with Crippen molar-refractivity contribution >= 4 is 11.9 Å². The van der Waals surface area contributed by atoms with Gasteiger partial charge in [-0.25, -0.2) is 0 Å². The standard InChI is InChI=1S/C19H16O4/c1-19-10-13-8-7-12(11-5-3-2-4-6-11)9-14(13)16(19)15(17(20)21)18(22)23-19/h2-9,15-16H,10H2,1H3,(H,20,21)/t15-,16+,19+/m1/s1. The lowest BCUT2D eigenvalue weighted by Gasteiger charge is -2.22. The smallest absolute Gasteiger partial charge is 0.321 e. The van der Waals surface area contributed by atoms with Gasteiger partial charge in [0.25, 0.3) is 0 Å². The first-order chi connectivity index (χ1) is 11.0. The number of benzene rings is 2. The average Bonchev–Trinajstić information content (AvgIpc) is 2.94. The van der Waals surface area contributed by atoms with Crippen LogP contribution in [0.4, 0.5) is 0 Å². The molecule has 0 radical (unpaired) electrons. The van der Waals surface area contributed by atoms with Gasteiger partial charge in [-0.2, -0.15) is 0 Å². The van der Waals surface area contributed by atoms with Crippen LogP contribution in [-0.4, -0.2) is 22.6 Å². The van der Waals surface area contributed by atoms with Crippen LogP contribution in [0.15, 0.2) is 48.5 Å². The SMILES string of the molecule is C[C@]12Cc3ccc(-c4ccccc4)cc3[C@H]1[C@H](C(=O)O)C(=O)O2. The van der Waals surface area contributed by atoms with E-state index in [0.717, 1.165) is 22.3 Å². The molecule has 4 rings (SSSR count). The summed E-state index contributed by atoms with van der Waals surface area (Å²) in [6.07, 6.45) is 0.567. The molecule has 2 aromatic carbocycles. The molecule has 1 N–H and O–H groups in total. The van der Waals surface area contributed by atoms with Crippen molar-refractivity contribution in [3.05, 3.63) is 59.7 Å². The second-order valence-electron chi connectivity index (χ2n) is 6.48. The summed E-state index contributed by atoms with van der Waals surface area (Å²) in [4.78, 5) is 23.6. The molecule has 0 saturated carbocycles. The zero-order valence-electron chi connectivity index (χ0n) is 12.7. The fourth-order valence-corrected chi connectivity index (χ4v) is 3.98. The van der Waals surface area contributed by atoms with Gasteiger partial charge in [0.2, 0.25) is 0 Å². The van der Waals surface area contributed by atoms with Crippen molar-refractivity contribution in [2.45, 2.75) is 24.9 Å². The van der Waals surface area contributed by atoms with Crippen LogP contribution in [0.5, 0.6) is 0 Å². The lowest BCUT2D eigenvalue weighted by Crippen LogP contribution is -2.30. The predicted molar refractivity (Wildman–Crippen MR) is 83.9 cm³/mol. The van der Waals surface area contributed by atoms with E-state index in [2.05, 4.69) is 0 Å². The third-order valence-corrected chi connectivity index (χ3v) is 4.97. The molecule has 116 valence electrons. The van der Waals surface area contributed by atoms with Crippen LogP contribution < -0.4 is 0 Å². The number of rotatable bonds is 2. The van der Waals surface area contributed by atoms with Crippen molar-refractivity contribution in [1.82, 2.24) is 0 Å². The van der Waals surface area contributed by atoms with Gasteiger partial charge in [-0.1, -0.05) is 48.5 Å². The maximum absolute atomic E-state index is 12.0. The highest BCUT2D eigenvalue weighted by Gasteiger charge is 2.60. The van der Waals surface area contributed by atoms with Crippen molar-refractivity contribution in [2.24, 2.45) is 5.92 Å². The van der Waals surface area contributed by atoms with Gasteiger partial charge in [0.15, 0.2) is 5.92 Å². The van der Waals surface area contributed by atoms with Gasteiger partial charge in [0.05, 0.1) is 0 Å². The lowest BCUT2D eigenvalue weighted by atomic mass is 9.81. The number of carboxylic acids is 1. The van der Waals surface area contributed by atoms with Gasteiger partial charge in [0.1, 0.15) is 5.60 Å². The third-order valence-electron chi connectivity index (χ3n) is 4.97. The molecule has 1 heterocycles. The molecule has 3 atom stereocenters. The minimum absolute atomic E-state index is 0.425. The Kier molecular flexibility index (Phi) is 2.85. The van der Waals surface area contributed by atoms with E-state index < -0.39 is 29.4 Å². The molecule has 2 aliphatic rings. The zero-order chi connectivity index (χ0) is 16.2. The monoisotopic (exact) mass is 308 g/mol. The number of ether oxygens (including phenoxy) is 1. The topological polar surface area (TPSA) is 63.6 Å². The summed E-state index contributed by atoms with van der Waals surface area (Å²) in [5.74, 6) is -3.28. The van der Waals surface area contributed by atoms with Crippen molar-refractivity contribution in [2.75, 3.05) is 0 Å². The van der Waals surface area contributed by atoms with E-state index in [-0.39, 0.29) is 0 Å². The number of carbonyl (C=O) groups is 2. The zero-order valence-corrected chi connectivity index (χ0v) is 12.7. The minimum atomic E-state index is -1.12. The summed E-state index contributed by atoms with van der Waals surface area (Å²) >= 11 is 0. The van der Waals surface area contributed by atoms with Gasteiger partial charge >= 0.3 is 11.9 Å². The molecule has 2 aromatic rings.